The van der Waals surface area contributed by atoms with Crippen molar-refractivity contribution in [2.45, 2.75) is 53.6 Å². The first-order valence-electron chi connectivity index (χ1n) is 6.25. The molecule has 0 amide bonds. The Morgan fingerprint density at radius 2 is 1.88 bits per heavy atom. The van der Waals surface area contributed by atoms with Crippen molar-refractivity contribution in [2.24, 2.45) is 11.8 Å². The molecule has 0 aliphatic carbocycles. The second-order valence-corrected chi connectivity index (χ2v) is 5.52. The maximum absolute atomic E-state index is 11.4. The van der Waals surface area contributed by atoms with Gasteiger partial charge < -0.3 is 9.47 Å². The molecular weight excluding hydrogens is 216 g/mol. The molecule has 0 spiro atoms. The van der Waals surface area contributed by atoms with Crippen LogP contribution in [0.5, 0.6) is 0 Å². The Morgan fingerprint density at radius 3 is 2.35 bits per heavy atom. The molecule has 0 aromatic rings. The zero-order valence-corrected chi connectivity index (χ0v) is 11.9. The van der Waals surface area contributed by atoms with Crippen LogP contribution in [0.3, 0.4) is 0 Å². The zero-order valence-electron chi connectivity index (χ0n) is 11.9. The van der Waals surface area contributed by atoms with Gasteiger partial charge in [0.05, 0.1) is 6.61 Å². The van der Waals surface area contributed by atoms with E-state index in [9.17, 15) is 4.79 Å². The van der Waals surface area contributed by atoms with Crippen LogP contribution in [0.15, 0.2) is 12.2 Å². The predicted octanol–water partition coefficient (Wildman–Crippen LogP) is 4.18. The summed E-state index contributed by atoms with van der Waals surface area (Å²) in [4.78, 5) is 11.4. The van der Waals surface area contributed by atoms with Gasteiger partial charge >= 0.3 is 6.16 Å². The molecule has 0 heterocycles. The molecule has 100 valence electrons. The molecule has 0 aromatic carbocycles. The van der Waals surface area contributed by atoms with E-state index in [2.05, 4.69) is 13.0 Å². The van der Waals surface area contributed by atoms with Crippen LogP contribution in [0.2, 0.25) is 0 Å². The second-order valence-electron chi connectivity index (χ2n) is 5.52. The topological polar surface area (TPSA) is 35.5 Å². The van der Waals surface area contributed by atoms with Gasteiger partial charge in [-0.2, -0.15) is 0 Å². The summed E-state index contributed by atoms with van der Waals surface area (Å²) < 4.78 is 10.3. The van der Waals surface area contributed by atoms with Crippen LogP contribution in [-0.2, 0) is 9.47 Å². The molecule has 0 saturated carbocycles. The van der Waals surface area contributed by atoms with Gasteiger partial charge in [0.2, 0.25) is 0 Å². The van der Waals surface area contributed by atoms with E-state index >= 15 is 0 Å². The molecule has 0 rings (SSSR count). The van der Waals surface area contributed by atoms with Gasteiger partial charge in [-0.1, -0.05) is 32.9 Å². The van der Waals surface area contributed by atoms with Crippen molar-refractivity contribution >= 4 is 6.16 Å². The van der Waals surface area contributed by atoms with E-state index in [1.807, 2.05) is 40.7 Å². The number of ether oxygens (including phenoxy) is 2. The lowest BCUT2D eigenvalue weighted by molar-refractivity contribution is -0.0278. The van der Waals surface area contributed by atoms with Gasteiger partial charge in [0, 0.05) is 0 Å². The predicted molar refractivity (Wildman–Crippen MR) is 69.9 cm³/mol. The normalized spacial score (nSPS) is 14.1. The van der Waals surface area contributed by atoms with Crippen molar-refractivity contribution < 1.29 is 14.3 Å². The lowest BCUT2D eigenvalue weighted by atomic mass is 9.94. The molecule has 0 aliphatic heterocycles. The molecule has 0 aromatic heterocycles. The van der Waals surface area contributed by atoms with E-state index in [0.717, 1.165) is 6.42 Å². The van der Waals surface area contributed by atoms with Crippen molar-refractivity contribution in [2.75, 3.05) is 6.61 Å². The largest absolute Gasteiger partial charge is 0.508 e. The Hall–Kier alpha value is -0.990. The van der Waals surface area contributed by atoms with E-state index in [-0.39, 0.29) is 0 Å². The maximum Gasteiger partial charge on any atom is 0.508 e. The van der Waals surface area contributed by atoms with E-state index in [1.165, 1.54) is 0 Å². The average molecular weight is 242 g/mol. The highest BCUT2D eigenvalue weighted by Crippen LogP contribution is 2.22. The number of hydrogen-bond acceptors (Lipinski definition) is 3. The molecule has 1 unspecified atom stereocenters. The van der Waals surface area contributed by atoms with Crippen LogP contribution < -0.4 is 0 Å². The molecule has 17 heavy (non-hydrogen) atoms. The van der Waals surface area contributed by atoms with Crippen molar-refractivity contribution in [3.63, 3.8) is 0 Å². The Morgan fingerprint density at radius 1 is 1.29 bits per heavy atom. The highest BCUT2D eigenvalue weighted by Gasteiger charge is 2.25. The van der Waals surface area contributed by atoms with Crippen molar-refractivity contribution in [3.8, 4) is 0 Å². The summed E-state index contributed by atoms with van der Waals surface area (Å²) in [6.45, 7) is 12.3. The Bertz CT molecular complexity index is 254. The molecule has 0 N–H and O–H groups in total. The van der Waals surface area contributed by atoms with Crippen LogP contribution in [0.4, 0.5) is 4.79 Å². The maximum atomic E-state index is 11.4. The van der Waals surface area contributed by atoms with Gasteiger partial charge in [-0.05, 0) is 39.0 Å². The standard InChI is InChI=1S/C14H26O3/c1-7-8-12(4)9-14(5,6)17-13(15)16-10-11(2)3/h7-8,11-12H,9-10H2,1-6H3/b8-7-. The molecule has 3 nitrogen and oxygen atoms in total. The number of carbonyl (C=O) groups is 1. The summed E-state index contributed by atoms with van der Waals surface area (Å²) in [6.07, 6.45) is 4.33. The smallest absolute Gasteiger partial charge is 0.434 e. The van der Waals surface area contributed by atoms with Gasteiger partial charge in [0.15, 0.2) is 0 Å². The quantitative estimate of drug-likeness (QED) is 0.518. The van der Waals surface area contributed by atoms with Gasteiger partial charge in [-0.25, -0.2) is 4.79 Å². The molecular formula is C14H26O3. The molecule has 0 radical (unpaired) electrons. The summed E-state index contributed by atoms with van der Waals surface area (Å²) in [5.41, 5.74) is -0.493. The minimum absolute atomic E-state index is 0.326. The Labute approximate surface area is 105 Å². The van der Waals surface area contributed by atoms with E-state index in [4.69, 9.17) is 9.47 Å². The SMILES string of the molecule is C/C=C\C(C)CC(C)(C)OC(=O)OCC(C)C. The van der Waals surface area contributed by atoms with Crippen molar-refractivity contribution in [3.05, 3.63) is 12.2 Å². The minimum Gasteiger partial charge on any atom is -0.434 e. The Kier molecular flexibility index (Phi) is 6.93. The molecule has 0 saturated heterocycles. The van der Waals surface area contributed by atoms with E-state index < -0.39 is 11.8 Å². The summed E-state index contributed by atoms with van der Waals surface area (Å²) in [6, 6.07) is 0. The third-order valence-corrected chi connectivity index (χ3v) is 2.23. The van der Waals surface area contributed by atoms with E-state index in [0.29, 0.717) is 18.4 Å². The molecule has 0 bridgehead atoms. The van der Waals surface area contributed by atoms with Gasteiger partial charge in [0.25, 0.3) is 0 Å². The molecule has 3 heteroatoms. The van der Waals surface area contributed by atoms with Crippen LogP contribution in [0.25, 0.3) is 0 Å². The zero-order chi connectivity index (χ0) is 13.5. The number of hydrogen-bond donors (Lipinski definition) is 0. The lowest BCUT2D eigenvalue weighted by Crippen LogP contribution is -2.30. The summed E-state index contributed by atoms with van der Waals surface area (Å²) in [5, 5.41) is 0. The van der Waals surface area contributed by atoms with Crippen molar-refractivity contribution in [1.29, 1.82) is 0 Å². The average Bonchev–Trinajstić information content (AvgIpc) is 2.13. The third kappa shape index (κ3) is 8.78. The fraction of sp³-hybridized carbons (Fsp3) is 0.786. The van der Waals surface area contributed by atoms with Crippen LogP contribution >= 0.6 is 0 Å². The minimum atomic E-state index is -0.573. The summed E-state index contributed by atoms with van der Waals surface area (Å²) in [7, 11) is 0. The monoisotopic (exact) mass is 242 g/mol. The van der Waals surface area contributed by atoms with Crippen LogP contribution in [0, 0.1) is 11.8 Å². The van der Waals surface area contributed by atoms with Gasteiger partial charge in [-0.3, -0.25) is 0 Å². The number of rotatable bonds is 6. The second kappa shape index (κ2) is 7.36. The molecule has 0 fully saturated rings. The third-order valence-electron chi connectivity index (χ3n) is 2.23. The highest BCUT2D eigenvalue weighted by molar-refractivity contribution is 5.60. The summed E-state index contributed by atoms with van der Waals surface area (Å²) >= 11 is 0. The van der Waals surface area contributed by atoms with Crippen LogP contribution in [-0.4, -0.2) is 18.4 Å². The van der Waals surface area contributed by atoms with E-state index in [1.54, 1.807) is 0 Å². The van der Waals surface area contributed by atoms with Gasteiger partial charge in [-0.15, -0.1) is 0 Å². The first-order valence-corrected chi connectivity index (χ1v) is 6.25. The summed E-state index contributed by atoms with van der Waals surface area (Å²) in [5.74, 6) is 0.709. The molecule has 0 aliphatic rings. The van der Waals surface area contributed by atoms with Crippen molar-refractivity contribution in [1.82, 2.24) is 0 Å². The number of carbonyl (C=O) groups excluding carboxylic acids is 1. The van der Waals surface area contributed by atoms with Crippen LogP contribution in [0.1, 0.15) is 48.0 Å². The first-order chi connectivity index (χ1) is 7.76. The lowest BCUT2D eigenvalue weighted by Gasteiger charge is -2.26. The van der Waals surface area contributed by atoms with Gasteiger partial charge in [0.1, 0.15) is 5.60 Å². The first kappa shape index (κ1) is 16.0. The fourth-order valence-corrected chi connectivity index (χ4v) is 1.70. The highest BCUT2D eigenvalue weighted by atomic mass is 16.7. The fourth-order valence-electron chi connectivity index (χ4n) is 1.70. The molecule has 1 atom stereocenters. The Balaban J connectivity index is 4.10. The number of allylic oxidation sites excluding steroid dienone is 2.